The molecule has 1 heterocycles. The maximum Gasteiger partial charge on any atom is 0.243 e. The predicted molar refractivity (Wildman–Crippen MR) is 159 cm³/mol. The number of hydrogen-bond acceptors (Lipinski definition) is 7. The number of ether oxygens (including phenoxy) is 3. The summed E-state index contributed by atoms with van der Waals surface area (Å²) in [5, 5.41) is 8.10. The van der Waals surface area contributed by atoms with Gasteiger partial charge in [-0.3, -0.25) is 4.79 Å². The van der Waals surface area contributed by atoms with Gasteiger partial charge in [0, 0.05) is 46.9 Å². The van der Waals surface area contributed by atoms with Gasteiger partial charge in [0.15, 0.2) is 0 Å². The van der Waals surface area contributed by atoms with Crippen molar-refractivity contribution in [2.75, 3.05) is 26.6 Å². The van der Waals surface area contributed by atoms with Crippen molar-refractivity contribution < 1.29 is 19.0 Å². The van der Waals surface area contributed by atoms with Gasteiger partial charge in [0.05, 0.1) is 36.9 Å². The van der Waals surface area contributed by atoms with Crippen LogP contribution in [-0.2, 0) is 4.79 Å². The SMILES string of the molecule is C=CC(=O)NC1CC(C2CCC2)CCC1Nc1ncc2cc(-c3c(Cl)c(OC)cc(OC)c3Cl)c(OC)cc2n1. The lowest BCUT2D eigenvalue weighted by atomic mass is 9.68. The Morgan fingerprint density at radius 1 is 0.950 bits per heavy atom. The van der Waals surface area contributed by atoms with Crippen LogP contribution in [0.3, 0.4) is 0 Å². The van der Waals surface area contributed by atoms with Crippen LogP contribution in [0.2, 0.25) is 10.0 Å². The molecule has 10 heteroatoms. The number of aromatic nitrogens is 2. The number of amides is 1. The molecule has 0 spiro atoms. The molecule has 8 nitrogen and oxygen atoms in total. The van der Waals surface area contributed by atoms with Crippen molar-refractivity contribution in [1.82, 2.24) is 15.3 Å². The molecule has 0 aliphatic heterocycles. The van der Waals surface area contributed by atoms with Crippen molar-refractivity contribution in [3.05, 3.63) is 47.1 Å². The van der Waals surface area contributed by atoms with Gasteiger partial charge in [-0.1, -0.05) is 49.0 Å². The number of carbonyl (C=O) groups excluding carboxylic acids is 1. The Labute approximate surface area is 244 Å². The maximum absolute atomic E-state index is 12.2. The van der Waals surface area contributed by atoms with Gasteiger partial charge in [0.1, 0.15) is 17.2 Å². The summed E-state index contributed by atoms with van der Waals surface area (Å²) >= 11 is 13.4. The van der Waals surface area contributed by atoms with Gasteiger partial charge in [-0.05, 0) is 43.2 Å². The zero-order chi connectivity index (χ0) is 28.4. The van der Waals surface area contributed by atoms with E-state index in [1.54, 1.807) is 19.4 Å². The van der Waals surface area contributed by atoms with E-state index in [4.69, 9.17) is 42.4 Å². The minimum atomic E-state index is -0.158. The molecule has 3 aromatic rings. The highest BCUT2D eigenvalue weighted by Gasteiger charge is 2.37. The van der Waals surface area contributed by atoms with Gasteiger partial charge in [0.2, 0.25) is 11.9 Å². The fraction of sp³-hybridized carbons (Fsp3) is 0.433. The lowest BCUT2D eigenvalue weighted by molar-refractivity contribution is -0.117. The van der Waals surface area contributed by atoms with Crippen LogP contribution >= 0.6 is 23.2 Å². The number of methoxy groups -OCH3 is 3. The Kier molecular flexibility index (Phi) is 8.57. The second-order valence-electron chi connectivity index (χ2n) is 10.4. The number of fused-ring (bicyclic) bond motifs is 1. The Bertz CT molecular complexity index is 1400. The molecule has 2 aliphatic rings. The Balaban J connectivity index is 1.46. The number of carbonyl (C=O) groups is 1. The Morgan fingerprint density at radius 2 is 1.65 bits per heavy atom. The Hall–Kier alpha value is -3.23. The molecule has 5 rings (SSSR count). The van der Waals surface area contributed by atoms with Gasteiger partial charge in [-0.15, -0.1) is 0 Å². The largest absolute Gasteiger partial charge is 0.496 e. The van der Waals surface area contributed by atoms with Crippen molar-refractivity contribution in [3.8, 4) is 28.4 Å². The first-order valence-electron chi connectivity index (χ1n) is 13.5. The van der Waals surface area contributed by atoms with E-state index in [0.717, 1.165) is 30.6 Å². The van der Waals surface area contributed by atoms with Gasteiger partial charge >= 0.3 is 0 Å². The highest BCUT2D eigenvalue weighted by atomic mass is 35.5. The van der Waals surface area contributed by atoms with Crippen LogP contribution in [-0.4, -0.2) is 49.3 Å². The maximum atomic E-state index is 12.2. The first-order chi connectivity index (χ1) is 19.4. The first kappa shape index (κ1) is 28.3. The van der Waals surface area contributed by atoms with Crippen molar-refractivity contribution >= 4 is 46.0 Å². The van der Waals surface area contributed by atoms with Crippen LogP contribution in [0.15, 0.2) is 37.1 Å². The smallest absolute Gasteiger partial charge is 0.243 e. The number of nitrogens with zero attached hydrogens (tertiary/aromatic N) is 2. The van der Waals surface area contributed by atoms with E-state index < -0.39 is 0 Å². The fourth-order valence-corrected chi connectivity index (χ4v) is 6.60. The quantitative estimate of drug-likeness (QED) is 0.271. The van der Waals surface area contributed by atoms with Crippen molar-refractivity contribution in [2.45, 2.75) is 50.6 Å². The molecule has 2 fully saturated rings. The number of anilines is 1. The molecule has 3 atom stereocenters. The van der Waals surface area contributed by atoms with Gasteiger partial charge in [0.25, 0.3) is 0 Å². The molecule has 2 aliphatic carbocycles. The number of benzene rings is 2. The van der Waals surface area contributed by atoms with E-state index in [1.165, 1.54) is 39.6 Å². The molecule has 212 valence electrons. The monoisotopic (exact) mass is 584 g/mol. The lowest BCUT2D eigenvalue weighted by Gasteiger charge is -2.42. The summed E-state index contributed by atoms with van der Waals surface area (Å²) in [5.41, 5.74) is 1.88. The van der Waals surface area contributed by atoms with Crippen LogP contribution in [0, 0.1) is 11.8 Å². The van der Waals surface area contributed by atoms with E-state index in [9.17, 15) is 4.79 Å². The number of nitrogens with one attached hydrogen (secondary N) is 2. The van der Waals surface area contributed by atoms with Crippen LogP contribution in [0.1, 0.15) is 38.5 Å². The lowest BCUT2D eigenvalue weighted by Crippen LogP contribution is -2.51. The van der Waals surface area contributed by atoms with Crippen LogP contribution < -0.4 is 24.8 Å². The summed E-state index contributed by atoms with van der Waals surface area (Å²) in [4.78, 5) is 21.6. The molecular formula is C30H34Cl2N4O4. The molecule has 2 saturated carbocycles. The number of rotatable bonds is 9. The van der Waals surface area contributed by atoms with Crippen LogP contribution in [0.5, 0.6) is 17.2 Å². The molecule has 2 N–H and O–H groups in total. The third-order valence-corrected chi connectivity index (χ3v) is 9.03. The summed E-state index contributed by atoms with van der Waals surface area (Å²) in [6, 6.07) is 5.36. The summed E-state index contributed by atoms with van der Waals surface area (Å²) in [7, 11) is 4.65. The van der Waals surface area contributed by atoms with Gasteiger partial charge < -0.3 is 24.8 Å². The summed E-state index contributed by atoms with van der Waals surface area (Å²) in [6.45, 7) is 3.63. The minimum absolute atomic E-state index is 0.0145. The summed E-state index contributed by atoms with van der Waals surface area (Å²) < 4.78 is 16.6. The number of hydrogen-bond donors (Lipinski definition) is 2. The Morgan fingerprint density at radius 3 is 2.25 bits per heavy atom. The highest BCUT2D eigenvalue weighted by Crippen LogP contribution is 2.49. The van der Waals surface area contributed by atoms with Gasteiger partial charge in [-0.25, -0.2) is 9.97 Å². The number of halogens is 2. The molecule has 40 heavy (non-hydrogen) atoms. The zero-order valence-electron chi connectivity index (χ0n) is 22.9. The van der Waals surface area contributed by atoms with Crippen molar-refractivity contribution in [3.63, 3.8) is 0 Å². The standard InChI is InChI=1S/C30H34Cl2N4O4/c1-5-26(37)34-22-12-17(16-7-6-8-16)9-10-20(22)35-30-33-15-18-11-19(23(38-2)13-21(18)36-30)27-28(31)24(39-3)14-25(40-4)29(27)32/h5,11,13-17,20,22H,1,6-10,12H2,2-4H3,(H,34,37)(H,33,35,36). The second kappa shape index (κ2) is 12.1. The summed E-state index contributed by atoms with van der Waals surface area (Å²) in [5.74, 6) is 3.14. The highest BCUT2D eigenvalue weighted by molar-refractivity contribution is 6.41. The summed E-state index contributed by atoms with van der Waals surface area (Å²) in [6.07, 6.45) is 9.98. The van der Waals surface area contributed by atoms with Crippen LogP contribution in [0.25, 0.3) is 22.0 Å². The second-order valence-corrected chi connectivity index (χ2v) is 11.2. The molecule has 0 bridgehead atoms. The van der Waals surface area contributed by atoms with E-state index in [1.807, 2.05) is 12.1 Å². The first-order valence-corrected chi connectivity index (χ1v) is 14.3. The minimum Gasteiger partial charge on any atom is -0.496 e. The third-order valence-electron chi connectivity index (χ3n) is 8.28. The molecular weight excluding hydrogens is 551 g/mol. The topological polar surface area (TPSA) is 94.6 Å². The van der Waals surface area contributed by atoms with E-state index >= 15 is 0 Å². The normalized spacial score (nSPS) is 20.9. The average molecular weight is 586 g/mol. The van der Waals surface area contributed by atoms with E-state index in [-0.39, 0.29) is 18.0 Å². The van der Waals surface area contributed by atoms with Crippen molar-refractivity contribution in [1.29, 1.82) is 0 Å². The molecule has 2 aromatic carbocycles. The average Bonchev–Trinajstić information content (AvgIpc) is 2.93. The fourth-order valence-electron chi connectivity index (χ4n) is 5.90. The van der Waals surface area contributed by atoms with Crippen molar-refractivity contribution in [2.24, 2.45) is 11.8 Å². The van der Waals surface area contributed by atoms with Gasteiger partial charge in [-0.2, -0.15) is 0 Å². The predicted octanol–water partition coefficient (Wildman–Crippen LogP) is 6.68. The molecule has 0 radical (unpaired) electrons. The molecule has 1 amide bonds. The van der Waals surface area contributed by atoms with E-state index in [0.29, 0.717) is 55.8 Å². The zero-order valence-corrected chi connectivity index (χ0v) is 24.4. The van der Waals surface area contributed by atoms with Crippen LogP contribution in [0.4, 0.5) is 5.95 Å². The molecule has 3 unspecified atom stereocenters. The van der Waals surface area contributed by atoms with E-state index in [2.05, 4.69) is 22.2 Å². The molecule has 0 saturated heterocycles. The third kappa shape index (κ3) is 5.52. The molecule has 1 aromatic heterocycles.